The van der Waals surface area contributed by atoms with Gasteiger partial charge < -0.3 is 15.4 Å². The first-order chi connectivity index (χ1) is 14.0. The smallest absolute Gasteiger partial charge is 0.416 e. The predicted octanol–water partition coefficient (Wildman–Crippen LogP) is 3.66. The lowest BCUT2D eigenvalue weighted by molar-refractivity contribution is -0.137. The highest BCUT2D eigenvalue weighted by molar-refractivity contribution is 6.01. The lowest BCUT2D eigenvalue weighted by atomic mass is 10.1. The number of ether oxygens (including phenoxy) is 1. The Morgan fingerprint density at radius 3 is 1.93 bits per heavy atom. The van der Waals surface area contributed by atoms with Crippen molar-refractivity contribution in [3.05, 3.63) is 59.2 Å². The second kappa shape index (κ2) is 9.21. The molecular weight excluding hydrogens is 405 g/mol. The molecule has 0 unspecified atom stereocenters. The second-order valence-corrected chi connectivity index (χ2v) is 6.24. The summed E-state index contributed by atoms with van der Waals surface area (Å²) in [5, 5.41) is 4.91. The fraction of sp³-hybridized carbons (Fsp3) is 0.200. The number of hydrogen-bond acceptors (Lipinski definition) is 5. The highest BCUT2D eigenvalue weighted by Crippen LogP contribution is 2.29. The van der Waals surface area contributed by atoms with E-state index in [2.05, 4.69) is 10.6 Å². The van der Waals surface area contributed by atoms with Crippen LogP contribution in [0.25, 0.3) is 0 Å². The molecule has 0 atom stereocenters. The number of carbonyl (C=O) groups is 4. The number of amides is 2. The zero-order valence-corrected chi connectivity index (χ0v) is 15.9. The number of ketones is 1. The van der Waals surface area contributed by atoms with Crippen LogP contribution in [0.1, 0.15) is 40.1 Å². The quantitative estimate of drug-likeness (QED) is 0.547. The van der Waals surface area contributed by atoms with E-state index in [9.17, 15) is 32.3 Å². The summed E-state index contributed by atoms with van der Waals surface area (Å²) >= 11 is 0. The van der Waals surface area contributed by atoms with Gasteiger partial charge in [-0.05, 0) is 30.3 Å². The Bertz CT molecular complexity index is 968. The van der Waals surface area contributed by atoms with E-state index in [1.807, 2.05) is 0 Å². The summed E-state index contributed by atoms with van der Waals surface area (Å²) in [6, 6.07) is 7.69. The Balaban J connectivity index is 2.16. The molecule has 2 aromatic carbocycles. The maximum absolute atomic E-state index is 12.8. The van der Waals surface area contributed by atoms with E-state index in [-0.39, 0.29) is 22.5 Å². The molecule has 0 aliphatic rings. The summed E-state index contributed by atoms with van der Waals surface area (Å²) in [6.07, 6.45) is -4.61. The van der Waals surface area contributed by atoms with E-state index in [4.69, 9.17) is 4.74 Å². The number of benzene rings is 2. The Morgan fingerprint density at radius 1 is 0.867 bits per heavy atom. The molecule has 0 saturated heterocycles. The Morgan fingerprint density at radius 2 is 1.43 bits per heavy atom. The normalized spacial score (nSPS) is 10.8. The van der Waals surface area contributed by atoms with Crippen molar-refractivity contribution in [2.24, 2.45) is 0 Å². The standard InChI is InChI=1S/C20H17F3N2O5/c1-11(26)24-16-7-14(8-17(9-16)25-12(2)27)19(29)30-10-18(28)13-4-3-5-15(6-13)20(21,22)23/h3-9H,10H2,1-2H3,(H,24,26)(H,25,27). The molecule has 0 aliphatic carbocycles. The number of carbonyl (C=O) groups excluding carboxylic acids is 4. The highest BCUT2D eigenvalue weighted by atomic mass is 19.4. The molecule has 2 N–H and O–H groups in total. The van der Waals surface area contributed by atoms with Crippen molar-refractivity contribution < 1.29 is 37.1 Å². The van der Waals surface area contributed by atoms with Crippen LogP contribution in [-0.4, -0.2) is 30.2 Å². The van der Waals surface area contributed by atoms with Crippen LogP contribution in [-0.2, 0) is 20.5 Å². The van der Waals surface area contributed by atoms with Crippen LogP contribution in [0.15, 0.2) is 42.5 Å². The number of halogens is 3. The fourth-order valence-electron chi connectivity index (χ4n) is 2.46. The van der Waals surface area contributed by atoms with Crippen molar-refractivity contribution in [1.29, 1.82) is 0 Å². The number of Topliss-reactive ketones (excluding diaryl/α,β-unsaturated/α-hetero) is 1. The molecule has 0 saturated carbocycles. The van der Waals surface area contributed by atoms with Crippen LogP contribution < -0.4 is 10.6 Å². The molecular formula is C20H17F3N2O5. The van der Waals surface area contributed by atoms with Crippen molar-refractivity contribution in [3.63, 3.8) is 0 Å². The van der Waals surface area contributed by atoms with Crippen molar-refractivity contribution in [3.8, 4) is 0 Å². The largest absolute Gasteiger partial charge is 0.454 e. The average molecular weight is 422 g/mol. The van der Waals surface area contributed by atoms with Gasteiger partial charge in [-0.15, -0.1) is 0 Å². The summed E-state index contributed by atoms with van der Waals surface area (Å²) in [4.78, 5) is 46.9. The fourth-order valence-corrected chi connectivity index (χ4v) is 2.46. The van der Waals surface area contributed by atoms with Gasteiger partial charge in [-0.3, -0.25) is 14.4 Å². The molecule has 158 valence electrons. The maximum Gasteiger partial charge on any atom is 0.416 e. The lowest BCUT2D eigenvalue weighted by Gasteiger charge is -2.11. The van der Waals surface area contributed by atoms with Gasteiger partial charge in [-0.2, -0.15) is 13.2 Å². The molecule has 0 radical (unpaired) electrons. The van der Waals surface area contributed by atoms with Crippen LogP contribution >= 0.6 is 0 Å². The number of alkyl halides is 3. The highest BCUT2D eigenvalue weighted by Gasteiger charge is 2.31. The molecule has 0 aromatic heterocycles. The molecule has 0 aliphatic heterocycles. The third-order valence-corrected chi connectivity index (χ3v) is 3.66. The van der Waals surface area contributed by atoms with Crippen molar-refractivity contribution >= 4 is 34.9 Å². The van der Waals surface area contributed by atoms with Gasteiger partial charge in [-0.1, -0.05) is 12.1 Å². The van der Waals surface area contributed by atoms with E-state index in [0.717, 1.165) is 12.1 Å². The number of esters is 1. The van der Waals surface area contributed by atoms with Crippen LogP contribution in [0, 0.1) is 0 Å². The minimum atomic E-state index is -4.61. The van der Waals surface area contributed by atoms with Crippen molar-refractivity contribution in [2.75, 3.05) is 17.2 Å². The van der Waals surface area contributed by atoms with E-state index >= 15 is 0 Å². The second-order valence-electron chi connectivity index (χ2n) is 6.24. The molecule has 0 fully saturated rings. The van der Waals surface area contributed by atoms with Gasteiger partial charge >= 0.3 is 12.1 Å². The van der Waals surface area contributed by atoms with Crippen LogP contribution in [0.3, 0.4) is 0 Å². The van der Waals surface area contributed by atoms with Gasteiger partial charge in [0.25, 0.3) is 0 Å². The van der Waals surface area contributed by atoms with Gasteiger partial charge in [0.05, 0.1) is 11.1 Å². The summed E-state index contributed by atoms with van der Waals surface area (Å²) in [6.45, 7) is 1.70. The Hall–Kier alpha value is -3.69. The molecule has 2 aromatic rings. The van der Waals surface area contributed by atoms with Crippen LogP contribution in [0.4, 0.5) is 24.5 Å². The minimum Gasteiger partial charge on any atom is -0.454 e. The number of anilines is 2. The molecule has 7 nitrogen and oxygen atoms in total. The number of nitrogens with one attached hydrogen (secondary N) is 2. The average Bonchev–Trinajstić information content (AvgIpc) is 2.64. The number of rotatable bonds is 6. The van der Waals surface area contributed by atoms with Crippen LogP contribution in [0.5, 0.6) is 0 Å². The molecule has 10 heteroatoms. The van der Waals surface area contributed by atoms with Gasteiger partial charge in [-0.25, -0.2) is 4.79 Å². The third-order valence-electron chi connectivity index (χ3n) is 3.66. The molecule has 0 bridgehead atoms. The van der Waals surface area contributed by atoms with Gasteiger partial charge in [0, 0.05) is 30.8 Å². The van der Waals surface area contributed by atoms with Gasteiger partial charge in [0.15, 0.2) is 12.4 Å². The third kappa shape index (κ3) is 6.43. The molecule has 2 rings (SSSR count). The van der Waals surface area contributed by atoms with Crippen molar-refractivity contribution in [2.45, 2.75) is 20.0 Å². The summed E-state index contributed by atoms with van der Waals surface area (Å²) in [5.41, 5.74) is -0.942. The first-order valence-corrected chi connectivity index (χ1v) is 8.53. The van der Waals surface area contributed by atoms with Crippen LogP contribution in [0.2, 0.25) is 0 Å². The molecule has 30 heavy (non-hydrogen) atoms. The zero-order chi connectivity index (χ0) is 22.5. The van der Waals surface area contributed by atoms with Crippen molar-refractivity contribution in [1.82, 2.24) is 0 Å². The Labute approximate surface area is 169 Å². The zero-order valence-electron chi connectivity index (χ0n) is 15.9. The van der Waals surface area contributed by atoms with Gasteiger partial charge in [0.2, 0.25) is 11.8 Å². The molecule has 0 heterocycles. The SMILES string of the molecule is CC(=O)Nc1cc(NC(C)=O)cc(C(=O)OCC(=O)c2cccc(C(F)(F)F)c2)c1. The first kappa shape index (κ1) is 22.6. The van der Waals surface area contributed by atoms with E-state index < -0.39 is 41.9 Å². The summed E-state index contributed by atoms with van der Waals surface area (Å²) < 4.78 is 43.2. The summed E-state index contributed by atoms with van der Waals surface area (Å²) in [5.74, 6) is -2.63. The predicted molar refractivity (Wildman–Crippen MR) is 101 cm³/mol. The molecule has 0 spiro atoms. The Kier molecular flexibility index (Phi) is 6.93. The van der Waals surface area contributed by atoms with E-state index in [0.29, 0.717) is 6.07 Å². The topological polar surface area (TPSA) is 102 Å². The number of hydrogen-bond donors (Lipinski definition) is 2. The molecule has 2 amide bonds. The summed E-state index contributed by atoms with van der Waals surface area (Å²) in [7, 11) is 0. The van der Waals surface area contributed by atoms with Gasteiger partial charge in [0.1, 0.15) is 0 Å². The van der Waals surface area contributed by atoms with E-state index in [1.54, 1.807) is 0 Å². The maximum atomic E-state index is 12.8. The monoisotopic (exact) mass is 422 g/mol. The minimum absolute atomic E-state index is 0.0816. The lowest BCUT2D eigenvalue weighted by Crippen LogP contribution is -2.16. The van der Waals surface area contributed by atoms with E-state index in [1.165, 1.54) is 38.1 Å². The first-order valence-electron chi connectivity index (χ1n) is 8.53.